The van der Waals surface area contributed by atoms with Crippen LogP contribution < -0.4 is 10.1 Å². The molecule has 1 aliphatic rings. The Morgan fingerprint density at radius 3 is 2.56 bits per heavy atom. The Morgan fingerprint density at radius 2 is 1.89 bits per heavy atom. The quantitative estimate of drug-likeness (QED) is 0.713. The summed E-state index contributed by atoms with van der Waals surface area (Å²) in [5, 5.41) is 3.01. The number of carbonyl (C=O) groups is 1. The standard InChI is InChI=1S/C22H21N3O2/c1-2-27-21-11-8-16(14-24-21)15-6-9-17(10-7-15)25-22(26)19-13-18(19)20-5-3-4-12-23-20/h3-12,14,18-19H,2,13H2,1H3,(H,25,26). The SMILES string of the molecule is CCOc1ccc(-c2ccc(NC(=O)C3CC3c3ccccn3)cc2)cn1. The van der Waals surface area contributed by atoms with Crippen LogP contribution in [0.1, 0.15) is 25.0 Å². The number of pyridine rings is 2. The van der Waals surface area contributed by atoms with Gasteiger partial charge in [0.05, 0.1) is 6.61 Å². The maximum Gasteiger partial charge on any atom is 0.228 e. The van der Waals surface area contributed by atoms with Gasteiger partial charge in [0, 0.05) is 47.2 Å². The molecule has 4 rings (SSSR count). The second-order valence-corrected chi connectivity index (χ2v) is 6.59. The molecule has 1 saturated carbocycles. The van der Waals surface area contributed by atoms with E-state index in [2.05, 4.69) is 15.3 Å². The van der Waals surface area contributed by atoms with E-state index >= 15 is 0 Å². The molecule has 0 saturated heterocycles. The molecule has 2 aromatic heterocycles. The monoisotopic (exact) mass is 359 g/mol. The van der Waals surface area contributed by atoms with Crippen LogP contribution in [0.25, 0.3) is 11.1 Å². The highest BCUT2D eigenvalue weighted by atomic mass is 16.5. The van der Waals surface area contributed by atoms with Crippen molar-refractivity contribution in [1.29, 1.82) is 0 Å². The lowest BCUT2D eigenvalue weighted by Gasteiger charge is -2.07. The molecule has 136 valence electrons. The van der Waals surface area contributed by atoms with Crippen LogP contribution in [-0.4, -0.2) is 22.5 Å². The number of hydrogen-bond donors (Lipinski definition) is 1. The summed E-state index contributed by atoms with van der Waals surface area (Å²) in [4.78, 5) is 21.1. The van der Waals surface area contributed by atoms with E-state index in [1.165, 1.54) is 0 Å². The van der Waals surface area contributed by atoms with Crippen molar-refractivity contribution in [2.75, 3.05) is 11.9 Å². The first-order chi connectivity index (χ1) is 13.2. The van der Waals surface area contributed by atoms with E-state index in [9.17, 15) is 4.79 Å². The third-order valence-corrected chi connectivity index (χ3v) is 4.71. The Balaban J connectivity index is 1.37. The van der Waals surface area contributed by atoms with Gasteiger partial charge in [-0.3, -0.25) is 9.78 Å². The average molecular weight is 359 g/mol. The van der Waals surface area contributed by atoms with Crippen LogP contribution in [-0.2, 0) is 4.79 Å². The number of aromatic nitrogens is 2. The van der Waals surface area contributed by atoms with Gasteiger partial charge in [0.2, 0.25) is 11.8 Å². The summed E-state index contributed by atoms with van der Waals surface area (Å²) in [6.07, 6.45) is 4.43. The molecule has 2 unspecified atom stereocenters. The predicted octanol–water partition coefficient (Wildman–Crippen LogP) is 4.28. The molecule has 1 amide bonds. The van der Waals surface area contributed by atoms with Crippen LogP contribution in [0.4, 0.5) is 5.69 Å². The molecule has 2 heterocycles. The fourth-order valence-electron chi connectivity index (χ4n) is 3.17. The van der Waals surface area contributed by atoms with E-state index in [4.69, 9.17) is 4.74 Å². The van der Waals surface area contributed by atoms with Crippen LogP contribution in [0.15, 0.2) is 67.0 Å². The number of rotatable bonds is 6. The van der Waals surface area contributed by atoms with Gasteiger partial charge in [0.25, 0.3) is 0 Å². The maximum absolute atomic E-state index is 12.4. The summed E-state index contributed by atoms with van der Waals surface area (Å²) in [6.45, 7) is 2.53. The summed E-state index contributed by atoms with van der Waals surface area (Å²) in [5.74, 6) is 0.924. The second kappa shape index (κ2) is 7.58. The third kappa shape index (κ3) is 3.97. The number of benzene rings is 1. The van der Waals surface area contributed by atoms with E-state index < -0.39 is 0 Å². The maximum atomic E-state index is 12.4. The van der Waals surface area contributed by atoms with Crippen LogP contribution in [0.3, 0.4) is 0 Å². The van der Waals surface area contributed by atoms with E-state index in [0.717, 1.165) is 28.9 Å². The van der Waals surface area contributed by atoms with Crippen LogP contribution in [0, 0.1) is 5.92 Å². The zero-order valence-electron chi connectivity index (χ0n) is 15.1. The van der Waals surface area contributed by atoms with Crippen molar-refractivity contribution < 1.29 is 9.53 Å². The van der Waals surface area contributed by atoms with Gasteiger partial charge < -0.3 is 10.1 Å². The molecule has 1 N–H and O–H groups in total. The number of carbonyl (C=O) groups excluding carboxylic acids is 1. The average Bonchev–Trinajstić information content (AvgIpc) is 3.51. The summed E-state index contributed by atoms with van der Waals surface area (Å²) in [7, 11) is 0. The molecule has 5 nitrogen and oxygen atoms in total. The van der Waals surface area contributed by atoms with Crippen molar-refractivity contribution in [2.45, 2.75) is 19.3 Å². The molecule has 5 heteroatoms. The Hall–Kier alpha value is -3.21. The second-order valence-electron chi connectivity index (χ2n) is 6.59. The molecule has 0 radical (unpaired) electrons. The molecule has 3 aromatic rings. The number of hydrogen-bond acceptors (Lipinski definition) is 4. The highest BCUT2D eigenvalue weighted by Crippen LogP contribution is 2.47. The Kier molecular flexibility index (Phi) is 4.83. The lowest BCUT2D eigenvalue weighted by Crippen LogP contribution is -2.14. The summed E-state index contributed by atoms with van der Waals surface area (Å²) < 4.78 is 5.37. The minimum Gasteiger partial charge on any atom is -0.478 e. The summed E-state index contributed by atoms with van der Waals surface area (Å²) in [5.41, 5.74) is 3.85. The van der Waals surface area contributed by atoms with Crippen molar-refractivity contribution >= 4 is 11.6 Å². The number of anilines is 1. The van der Waals surface area contributed by atoms with Crippen molar-refractivity contribution in [3.63, 3.8) is 0 Å². The number of nitrogens with one attached hydrogen (secondary N) is 1. The van der Waals surface area contributed by atoms with E-state index in [1.54, 1.807) is 12.4 Å². The van der Waals surface area contributed by atoms with Gasteiger partial charge in [0.1, 0.15) is 0 Å². The normalized spacial score (nSPS) is 18.0. The van der Waals surface area contributed by atoms with Crippen LogP contribution in [0.2, 0.25) is 0 Å². The molecule has 0 bridgehead atoms. The first kappa shape index (κ1) is 17.2. The smallest absolute Gasteiger partial charge is 0.228 e. The first-order valence-electron chi connectivity index (χ1n) is 9.15. The molecule has 2 atom stereocenters. The van der Waals surface area contributed by atoms with Crippen LogP contribution in [0.5, 0.6) is 5.88 Å². The number of nitrogens with zero attached hydrogens (tertiary/aromatic N) is 2. The van der Waals surface area contributed by atoms with Crippen molar-refractivity contribution in [2.24, 2.45) is 5.92 Å². The Bertz CT molecular complexity index is 909. The predicted molar refractivity (Wildman–Crippen MR) is 105 cm³/mol. The summed E-state index contributed by atoms with van der Waals surface area (Å²) >= 11 is 0. The minimum atomic E-state index is 0.00915. The van der Waals surface area contributed by atoms with Crippen LogP contribution >= 0.6 is 0 Å². The Morgan fingerprint density at radius 1 is 1.07 bits per heavy atom. The molecule has 1 aromatic carbocycles. The summed E-state index contributed by atoms with van der Waals surface area (Å²) in [6, 6.07) is 17.5. The van der Waals surface area contributed by atoms with E-state index in [0.29, 0.717) is 12.5 Å². The van der Waals surface area contributed by atoms with Crippen molar-refractivity contribution in [3.05, 3.63) is 72.7 Å². The Labute approximate surface area is 158 Å². The minimum absolute atomic E-state index is 0.00915. The van der Waals surface area contributed by atoms with Crippen molar-refractivity contribution in [3.8, 4) is 17.0 Å². The topological polar surface area (TPSA) is 64.1 Å². The molecule has 27 heavy (non-hydrogen) atoms. The number of amides is 1. The fraction of sp³-hybridized carbons (Fsp3) is 0.227. The number of ether oxygens (including phenoxy) is 1. The fourth-order valence-corrected chi connectivity index (χ4v) is 3.17. The zero-order valence-corrected chi connectivity index (χ0v) is 15.1. The van der Waals surface area contributed by atoms with Crippen molar-refractivity contribution in [1.82, 2.24) is 9.97 Å². The highest BCUT2D eigenvalue weighted by molar-refractivity contribution is 5.95. The largest absolute Gasteiger partial charge is 0.478 e. The molecular weight excluding hydrogens is 338 g/mol. The molecule has 0 spiro atoms. The molecular formula is C22H21N3O2. The van der Waals surface area contributed by atoms with Gasteiger partial charge in [-0.05, 0) is 49.2 Å². The first-order valence-corrected chi connectivity index (χ1v) is 9.15. The van der Waals surface area contributed by atoms with E-state index in [1.807, 2.05) is 61.5 Å². The van der Waals surface area contributed by atoms with Gasteiger partial charge in [-0.1, -0.05) is 18.2 Å². The lowest BCUT2D eigenvalue weighted by molar-refractivity contribution is -0.117. The van der Waals surface area contributed by atoms with Gasteiger partial charge in [-0.25, -0.2) is 4.98 Å². The molecule has 1 aliphatic carbocycles. The lowest BCUT2D eigenvalue weighted by atomic mass is 10.1. The van der Waals surface area contributed by atoms with Gasteiger partial charge >= 0.3 is 0 Å². The zero-order chi connectivity index (χ0) is 18.6. The van der Waals surface area contributed by atoms with Gasteiger partial charge in [-0.2, -0.15) is 0 Å². The molecule has 0 aliphatic heterocycles. The van der Waals surface area contributed by atoms with E-state index in [-0.39, 0.29) is 17.7 Å². The van der Waals surface area contributed by atoms with Gasteiger partial charge in [0.15, 0.2) is 0 Å². The molecule has 1 fully saturated rings. The highest BCUT2D eigenvalue weighted by Gasteiger charge is 2.44. The third-order valence-electron chi connectivity index (χ3n) is 4.71. The van der Waals surface area contributed by atoms with Gasteiger partial charge in [-0.15, -0.1) is 0 Å².